The molecule has 0 aliphatic carbocycles. The Labute approximate surface area is 193 Å². The van der Waals surface area contributed by atoms with Crippen molar-refractivity contribution in [3.63, 3.8) is 0 Å². The molecule has 6 nitrogen and oxygen atoms in total. The minimum atomic E-state index is -4.73. The molecule has 3 rings (SSSR count). The Balaban J connectivity index is 1.71. The van der Waals surface area contributed by atoms with Gasteiger partial charge in [-0.15, -0.1) is 0 Å². The second-order valence-electron chi connectivity index (χ2n) is 7.33. The number of nitrogens with one attached hydrogen (secondary N) is 2. The van der Waals surface area contributed by atoms with Gasteiger partial charge in [-0.2, -0.15) is 26.3 Å². The molecule has 186 valence electrons. The van der Waals surface area contributed by atoms with Crippen molar-refractivity contribution in [1.82, 2.24) is 14.9 Å². The SMILES string of the molecule is O=C(CCc1ccc(-n2ccnc(Nc3ccc(C(F)(F)F)cc3F)c2=O)cc1)NCC(F)(F)F. The molecule has 35 heavy (non-hydrogen) atoms. The summed E-state index contributed by atoms with van der Waals surface area (Å²) in [5, 5.41) is 4.16. The summed E-state index contributed by atoms with van der Waals surface area (Å²) in [5.41, 5.74) is -1.29. The van der Waals surface area contributed by atoms with Crippen molar-refractivity contribution >= 4 is 17.4 Å². The molecule has 0 saturated carbocycles. The number of halogens is 7. The van der Waals surface area contributed by atoms with Crippen LogP contribution in [0.4, 0.5) is 42.2 Å². The first kappa shape index (κ1) is 25.7. The van der Waals surface area contributed by atoms with Crippen LogP contribution >= 0.6 is 0 Å². The Bertz CT molecular complexity index is 1250. The van der Waals surface area contributed by atoms with Gasteiger partial charge in [0.2, 0.25) is 5.91 Å². The highest BCUT2D eigenvalue weighted by atomic mass is 19.4. The molecule has 0 atom stereocenters. The number of aromatic nitrogens is 2. The summed E-state index contributed by atoms with van der Waals surface area (Å²) < 4.78 is 89.8. The average Bonchev–Trinajstić information content (AvgIpc) is 2.78. The molecule has 13 heteroatoms. The van der Waals surface area contributed by atoms with E-state index in [-0.39, 0.29) is 24.3 Å². The van der Waals surface area contributed by atoms with E-state index >= 15 is 0 Å². The van der Waals surface area contributed by atoms with E-state index in [0.29, 0.717) is 23.4 Å². The summed E-state index contributed by atoms with van der Waals surface area (Å²) in [6, 6.07) is 7.99. The van der Waals surface area contributed by atoms with Gasteiger partial charge in [-0.25, -0.2) is 9.37 Å². The van der Waals surface area contributed by atoms with Gasteiger partial charge in [0.05, 0.1) is 11.3 Å². The number of carbonyl (C=O) groups is 1. The fraction of sp³-hybridized carbons (Fsp3) is 0.227. The molecular formula is C22H17F7N4O2. The highest BCUT2D eigenvalue weighted by Crippen LogP contribution is 2.31. The summed E-state index contributed by atoms with van der Waals surface area (Å²) >= 11 is 0. The smallest absolute Gasteiger partial charge is 0.347 e. The molecule has 0 fully saturated rings. The minimum absolute atomic E-state index is 0.162. The van der Waals surface area contributed by atoms with Crippen molar-refractivity contribution in [2.45, 2.75) is 25.2 Å². The molecule has 1 amide bonds. The second kappa shape index (κ2) is 10.2. The molecule has 0 saturated heterocycles. The van der Waals surface area contributed by atoms with Crippen LogP contribution in [0.25, 0.3) is 5.69 Å². The van der Waals surface area contributed by atoms with E-state index in [1.807, 2.05) is 0 Å². The largest absolute Gasteiger partial charge is 0.416 e. The quantitative estimate of drug-likeness (QED) is 0.458. The molecule has 2 aromatic carbocycles. The van der Waals surface area contributed by atoms with Crippen LogP contribution in [0.3, 0.4) is 0 Å². The first-order valence-corrected chi connectivity index (χ1v) is 9.98. The molecule has 0 radical (unpaired) electrons. The maximum Gasteiger partial charge on any atom is 0.416 e. The lowest BCUT2D eigenvalue weighted by Crippen LogP contribution is -2.33. The Morgan fingerprint density at radius 1 is 1.00 bits per heavy atom. The van der Waals surface area contributed by atoms with Crippen molar-refractivity contribution in [2.75, 3.05) is 11.9 Å². The number of carbonyl (C=O) groups excluding carboxylic acids is 1. The van der Waals surface area contributed by atoms with E-state index < -0.39 is 41.7 Å². The molecule has 3 aromatic rings. The van der Waals surface area contributed by atoms with Crippen LogP contribution in [0.5, 0.6) is 0 Å². The van der Waals surface area contributed by atoms with Crippen molar-refractivity contribution < 1.29 is 35.5 Å². The van der Waals surface area contributed by atoms with E-state index in [9.17, 15) is 40.3 Å². The fourth-order valence-corrected chi connectivity index (χ4v) is 2.99. The maximum atomic E-state index is 14.1. The number of alkyl halides is 6. The number of benzene rings is 2. The van der Waals surface area contributed by atoms with E-state index in [0.717, 1.165) is 10.6 Å². The molecule has 0 bridgehead atoms. The zero-order chi connectivity index (χ0) is 25.8. The Hall–Kier alpha value is -3.90. The summed E-state index contributed by atoms with van der Waals surface area (Å²) in [7, 11) is 0. The fourth-order valence-electron chi connectivity index (χ4n) is 2.99. The number of hydrogen-bond donors (Lipinski definition) is 2. The van der Waals surface area contributed by atoms with Crippen molar-refractivity contribution in [3.8, 4) is 5.69 Å². The first-order valence-electron chi connectivity index (χ1n) is 9.98. The Kier molecular flexibility index (Phi) is 7.46. The lowest BCUT2D eigenvalue weighted by molar-refractivity contribution is -0.138. The zero-order valence-corrected chi connectivity index (χ0v) is 17.7. The molecule has 1 aromatic heterocycles. The number of hydrogen-bond acceptors (Lipinski definition) is 4. The first-order chi connectivity index (χ1) is 16.3. The molecule has 0 aliphatic rings. The normalized spacial score (nSPS) is 11.9. The van der Waals surface area contributed by atoms with Crippen molar-refractivity contribution in [3.05, 3.63) is 82.2 Å². The molecule has 1 heterocycles. The van der Waals surface area contributed by atoms with Gasteiger partial charge in [-0.05, 0) is 42.3 Å². The number of nitrogens with zero attached hydrogens (tertiary/aromatic N) is 2. The summed E-state index contributed by atoms with van der Waals surface area (Å²) in [6.45, 7) is -1.41. The van der Waals surface area contributed by atoms with Crippen LogP contribution in [0, 0.1) is 5.82 Å². The van der Waals surface area contributed by atoms with Gasteiger partial charge < -0.3 is 10.6 Å². The Morgan fingerprint density at radius 3 is 2.29 bits per heavy atom. The lowest BCUT2D eigenvalue weighted by atomic mass is 10.1. The molecular weight excluding hydrogens is 485 g/mol. The number of rotatable bonds is 7. The monoisotopic (exact) mass is 502 g/mol. The summed E-state index contributed by atoms with van der Waals surface area (Å²) in [5.74, 6) is -2.32. The third-order valence-corrected chi connectivity index (χ3v) is 4.73. The molecule has 2 N–H and O–H groups in total. The molecule has 0 aliphatic heterocycles. The van der Waals surface area contributed by atoms with Crippen LogP contribution in [0.2, 0.25) is 0 Å². The molecule has 0 unspecified atom stereocenters. The van der Waals surface area contributed by atoms with Crippen molar-refractivity contribution in [1.29, 1.82) is 0 Å². The van der Waals surface area contributed by atoms with Crippen LogP contribution in [-0.4, -0.2) is 28.2 Å². The number of amides is 1. The third kappa shape index (κ3) is 7.04. The van der Waals surface area contributed by atoms with Gasteiger partial charge in [0.1, 0.15) is 12.4 Å². The average molecular weight is 502 g/mol. The summed E-state index contributed by atoms with van der Waals surface area (Å²) in [4.78, 5) is 28.1. The van der Waals surface area contributed by atoms with Gasteiger partial charge in [0.15, 0.2) is 5.82 Å². The van der Waals surface area contributed by atoms with E-state index in [4.69, 9.17) is 0 Å². The standard InChI is InChI=1S/C22H17F7N4O2/c23-16-11-14(22(27,28)29)4-7-17(16)32-19-20(35)33(10-9-30-19)15-5-1-13(2-6-15)3-8-18(34)31-12-21(24,25)26/h1-2,4-7,9-11H,3,8,12H2,(H,30,32)(H,31,34). The van der Waals surface area contributed by atoms with Gasteiger partial charge in [0, 0.05) is 24.5 Å². The van der Waals surface area contributed by atoms with Gasteiger partial charge in [-0.1, -0.05) is 12.1 Å². The van der Waals surface area contributed by atoms with Gasteiger partial charge in [0.25, 0.3) is 5.56 Å². The molecule has 0 spiro atoms. The van der Waals surface area contributed by atoms with E-state index in [1.54, 1.807) is 17.4 Å². The second-order valence-corrected chi connectivity index (χ2v) is 7.33. The third-order valence-electron chi connectivity index (χ3n) is 4.73. The lowest BCUT2D eigenvalue weighted by Gasteiger charge is -2.12. The Morgan fingerprint density at radius 2 is 1.69 bits per heavy atom. The van der Waals surface area contributed by atoms with Crippen molar-refractivity contribution in [2.24, 2.45) is 0 Å². The summed E-state index contributed by atoms with van der Waals surface area (Å²) in [6.07, 6.45) is -6.69. The van der Waals surface area contributed by atoms with Crippen LogP contribution in [0.1, 0.15) is 17.5 Å². The van der Waals surface area contributed by atoms with E-state index in [2.05, 4.69) is 10.3 Å². The van der Waals surface area contributed by atoms with Gasteiger partial charge >= 0.3 is 12.4 Å². The highest BCUT2D eigenvalue weighted by Gasteiger charge is 2.31. The topological polar surface area (TPSA) is 76.0 Å². The van der Waals surface area contributed by atoms with Crippen LogP contribution in [0.15, 0.2) is 59.7 Å². The minimum Gasteiger partial charge on any atom is -0.347 e. The number of aryl methyl sites for hydroxylation is 1. The zero-order valence-electron chi connectivity index (χ0n) is 17.7. The van der Waals surface area contributed by atoms with Gasteiger partial charge in [-0.3, -0.25) is 14.2 Å². The maximum absolute atomic E-state index is 14.1. The van der Waals surface area contributed by atoms with Crippen LogP contribution in [-0.2, 0) is 17.4 Å². The predicted octanol–water partition coefficient (Wildman–Crippen LogP) is 4.75. The van der Waals surface area contributed by atoms with Crippen LogP contribution < -0.4 is 16.2 Å². The highest BCUT2D eigenvalue weighted by molar-refractivity contribution is 5.76. The van der Waals surface area contributed by atoms with E-state index in [1.165, 1.54) is 24.5 Å². The predicted molar refractivity (Wildman–Crippen MR) is 112 cm³/mol. The number of anilines is 2.